The molecule has 1 saturated heterocycles. The van der Waals surface area contributed by atoms with E-state index in [2.05, 4.69) is 9.89 Å². The van der Waals surface area contributed by atoms with Crippen LogP contribution in [0.25, 0.3) is 0 Å². The van der Waals surface area contributed by atoms with Crippen LogP contribution in [0.1, 0.15) is 12.8 Å². The van der Waals surface area contributed by atoms with E-state index in [0.717, 1.165) is 19.2 Å². The molecule has 0 saturated carbocycles. The van der Waals surface area contributed by atoms with Crippen molar-refractivity contribution in [2.45, 2.75) is 12.8 Å². The third-order valence-corrected chi connectivity index (χ3v) is 3.33. The highest BCUT2D eigenvalue weighted by molar-refractivity contribution is 5.77. The van der Waals surface area contributed by atoms with E-state index in [4.69, 9.17) is 0 Å². The summed E-state index contributed by atoms with van der Waals surface area (Å²) in [6, 6.07) is 3.36. The number of nitro benzene ring substituents is 2. The second kappa shape index (κ2) is 7.83. The highest BCUT2D eigenvalue weighted by atomic mass is 16.6. The second-order valence-corrected chi connectivity index (χ2v) is 4.93. The van der Waals surface area contributed by atoms with Gasteiger partial charge in [0, 0.05) is 25.4 Å². The monoisotopic (exact) mass is 316 g/mol. The Bertz CT molecular complexity index is 676. The van der Waals surface area contributed by atoms with Crippen LogP contribution in [0.5, 0.6) is 0 Å². The molecule has 1 aliphatic rings. The van der Waals surface area contributed by atoms with E-state index in [1.807, 2.05) is 12.3 Å². The third kappa shape index (κ3) is 4.73. The molecular weight excluding hydrogens is 300 g/mol. The number of nitro groups is 2. The number of non-ortho nitro benzene ring substituents is 1. The molecule has 0 unspecified atom stereocenters. The van der Waals surface area contributed by atoms with Crippen LogP contribution < -0.4 is 0 Å². The number of rotatable bonds is 6. The van der Waals surface area contributed by atoms with Gasteiger partial charge >= 0.3 is 5.69 Å². The fourth-order valence-corrected chi connectivity index (χ4v) is 2.18. The average Bonchev–Trinajstić information content (AvgIpc) is 3.03. The number of hydrogen-bond donors (Lipinski definition) is 0. The van der Waals surface area contributed by atoms with Crippen LogP contribution in [-0.4, -0.2) is 34.1 Å². The zero-order valence-corrected chi connectivity index (χ0v) is 12.4. The first-order valence-electron chi connectivity index (χ1n) is 7.12. The van der Waals surface area contributed by atoms with Gasteiger partial charge in [-0.05, 0) is 37.3 Å². The maximum absolute atomic E-state index is 11.0. The number of nitrogens with zero attached hydrogens (tertiary/aromatic N) is 4. The van der Waals surface area contributed by atoms with Gasteiger partial charge < -0.3 is 4.90 Å². The summed E-state index contributed by atoms with van der Waals surface area (Å²) in [4.78, 5) is 26.4. The van der Waals surface area contributed by atoms with Crippen LogP contribution in [-0.2, 0) is 0 Å². The Kier molecular flexibility index (Phi) is 5.56. The molecule has 8 heteroatoms. The SMILES string of the molecule is O=[N+]([O-])c1ccc(N=C/C=C/C=C/N2CCCC2)c([N+](=O)[O-])c1. The molecule has 1 fully saturated rings. The number of likely N-dealkylation sites (tertiary alicyclic amines) is 1. The first-order valence-corrected chi connectivity index (χ1v) is 7.12. The molecule has 1 aromatic carbocycles. The van der Waals surface area contributed by atoms with Gasteiger partial charge in [0.1, 0.15) is 5.69 Å². The zero-order chi connectivity index (χ0) is 16.7. The Morgan fingerprint density at radius 1 is 1.04 bits per heavy atom. The van der Waals surface area contributed by atoms with E-state index in [1.165, 1.54) is 31.2 Å². The Balaban J connectivity index is 2.03. The summed E-state index contributed by atoms with van der Waals surface area (Å²) >= 11 is 0. The van der Waals surface area contributed by atoms with Crippen molar-refractivity contribution in [2.75, 3.05) is 13.1 Å². The predicted octanol–water partition coefficient (Wildman–Crippen LogP) is 3.37. The van der Waals surface area contributed by atoms with Crippen LogP contribution in [0.15, 0.2) is 47.6 Å². The van der Waals surface area contributed by atoms with Crippen molar-refractivity contribution in [1.82, 2.24) is 4.90 Å². The molecular formula is C15H16N4O4. The Hall–Kier alpha value is -3.03. The molecule has 0 amide bonds. The standard InChI is InChI=1S/C15H16N4O4/c20-18(21)13-6-7-14(15(12-13)19(22)23)16-8-2-1-3-9-17-10-4-5-11-17/h1-3,6-9,12H,4-5,10-11H2/b2-1+,9-3+,16-8?. The minimum absolute atomic E-state index is 0.0776. The van der Waals surface area contributed by atoms with E-state index in [9.17, 15) is 20.2 Å². The van der Waals surface area contributed by atoms with Crippen LogP contribution in [0.3, 0.4) is 0 Å². The normalized spacial score (nSPS) is 15.2. The molecule has 0 spiro atoms. The second-order valence-electron chi connectivity index (χ2n) is 4.93. The van der Waals surface area contributed by atoms with Crippen LogP contribution >= 0.6 is 0 Å². The molecule has 120 valence electrons. The number of benzene rings is 1. The van der Waals surface area contributed by atoms with Crippen molar-refractivity contribution in [2.24, 2.45) is 4.99 Å². The van der Waals surface area contributed by atoms with Crippen molar-refractivity contribution >= 4 is 23.3 Å². The lowest BCUT2D eigenvalue weighted by Gasteiger charge is -2.08. The number of hydrogen-bond acceptors (Lipinski definition) is 6. The Morgan fingerprint density at radius 2 is 1.78 bits per heavy atom. The first kappa shape index (κ1) is 16.3. The van der Waals surface area contributed by atoms with E-state index < -0.39 is 15.5 Å². The van der Waals surface area contributed by atoms with Gasteiger partial charge in [0.15, 0.2) is 0 Å². The first-order chi connectivity index (χ1) is 11.1. The summed E-state index contributed by atoms with van der Waals surface area (Å²) in [5, 5.41) is 21.6. The largest absolute Gasteiger partial charge is 0.377 e. The molecule has 2 rings (SSSR count). The number of aliphatic imine (C=N–C) groups is 1. The summed E-state index contributed by atoms with van der Waals surface area (Å²) in [6.07, 6.45) is 11.1. The molecule has 1 aromatic rings. The summed E-state index contributed by atoms with van der Waals surface area (Å²) in [7, 11) is 0. The van der Waals surface area contributed by atoms with Crippen molar-refractivity contribution in [1.29, 1.82) is 0 Å². The minimum atomic E-state index is -0.684. The van der Waals surface area contributed by atoms with E-state index in [1.54, 1.807) is 12.2 Å². The van der Waals surface area contributed by atoms with Gasteiger partial charge in [-0.1, -0.05) is 6.08 Å². The molecule has 1 heterocycles. The topological polar surface area (TPSA) is 102 Å². The highest BCUT2D eigenvalue weighted by Gasteiger charge is 2.18. The Morgan fingerprint density at radius 3 is 2.43 bits per heavy atom. The maximum Gasteiger partial charge on any atom is 0.301 e. The van der Waals surface area contributed by atoms with Crippen molar-refractivity contribution < 1.29 is 9.85 Å². The zero-order valence-electron chi connectivity index (χ0n) is 12.4. The van der Waals surface area contributed by atoms with Gasteiger partial charge in [-0.3, -0.25) is 20.2 Å². The van der Waals surface area contributed by atoms with E-state index in [-0.39, 0.29) is 11.4 Å². The lowest BCUT2D eigenvalue weighted by atomic mass is 10.2. The smallest absolute Gasteiger partial charge is 0.301 e. The van der Waals surface area contributed by atoms with Gasteiger partial charge in [-0.2, -0.15) is 0 Å². The fraction of sp³-hybridized carbons (Fsp3) is 0.267. The quantitative estimate of drug-likeness (QED) is 0.346. The maximum atomic E-state index is 11.0. The minimum Gasteiger partial charge on any atom is -0.377 e. The van der Waals surface area contributed by atoms with Gasteiger partial charge in [0.25, 0.3) is 5.69 Å². The summed E-state index contributed by atoms with van der Waals surface area (Å²) in [6.45, 7) is 2.13. The molecule has 0 N–H and O–H groups in total. The summed E-state index contributed by atoms with van der Waals surface area (Å²) < 4.78 is 0. The van der Waals surface area contributed by atoms with Crippen LogP contribution in [0.2, 0.25) is 0 Å². The molecule has 0 bridgehead atoms. The van der Waals surface area contributed by atoms with Gasteiger partial charge in [0.05, 0.1) is 15.9 Å². The predicted molar refractivity (Wildman–Crippen MR) is 87.0 cm³/mol. The highest BCUT2D eigenvalue weighted by Crippen LogP contribution is 2.30. The third-order valence-electron chi connectivity index (χ3n) is 3.33. The summed E-state index contributed by atoms with van der Waals surface area (Å²) in [5.41, 5.74) is -0.648. The van der Waals surface area contributed by atoms with E-state index >= 15 is 0 Å². The van der Waals surface area contributed by atoms with Gasteiger partial charge in [-0.15, -0.1) is 0 Å². The molecule has 8 nitrogen and oxygen atoms in total. The molecule has 0 radical (unpaired) electrons. The molecule has 23 heavy (non-hydrogen) atoms. The number of allylic oxidation sites excluding steroid dienone is 3. The van der Waals surface area contributed by atoms with Crippen LogP contribution in [0.4, 0.5) is 17.1 Å². The molecule has 0 aliphatic carbocycles. The van der Waals surface area contributed by atoms with Crippen molar-refractivity contribution in [3.63, 3.8) is 0 Å². The van der Waals surface area contributed by atoms with Crippen LogP contribution in [0, 0.1) is 20.2 Å². The average molecular weight is 316 g/mol. The van der Waals surface area contributed by atoms with Gasteiger partial charge in [0.2, 0.25) is 0 Å². The lowest BCUT2D eigenvalue weighted by Crippen LogP contribution is -2.09. The summed E-state index contributed by atoms with van der Waals surface area (Å²) in [5.74, 6) is 0. The lowest BCUT2D eigenvalue weighted by molar-refractivity contribution is -0.393. The molecule has 0 atom stereocenters. The van der Waals surface area contributed by atoms with Crippen molar-refractivity contribution in [3.05, 3.63) is 62.9 Å². The molecule has 1 aliphatic heterocycles. The Labute approximate surface area is 132 Å². The van der Waals surface area contributed by atoms with E-state index in [0.29, 0.717) is 0 Å². The molecule has 0 aromatic heterocycles. The van der Waals surface area contributed by atoms with Gasteiger partial charge in [-0.25, -0.2) is 4.99 Å². The van der Waals surface area contributed by atoms with Crippen molar-refractivity contribution in [3.8, 4) is 0 Å². The fourth-order valence-electron chi connectivity index (χ4n) is 2.18.